The Bertz CT molecular complexity index is 1020. The fourth-order valence-corrected chi connectivity index (χ4v) is 4.11. The number of pyridine rings is 1. The number of hydrogen-bond donors (Lipinski definition) is 2. The summed E-state index contributed by atoms with van der Waals surface area (Å²) in [4.78, 5) is 9.04. The first-order chi connectivity index (χ1) is 11.9. The maximum absolute atomic E-state index is 4.90. The zero-order chi connectivity index (χ0) is 15.9. The van der Waals surface area contributed by atoms with Gasteiger partial charge in [0.15, 0.2) is 0 Å². The lowest BCUT2D eigenvalue weighted by Gasteiger charge is -2.20. The predicted molar refractivity (Wildman–Crippen MR) is 99.0 cm³/mol. The van der Waals surface area contributed by atoms with Crippen LogP contribution < -0.4 is 10.7 Å². The zero-order valence-electron chi connectivity index (χ0n) is 12.9. The lowest BCUT2D eigenvalue weighted by molar-refractivity contribution is 0.798. The molecule has 118 valence electrons. The van der Waals surface area contributed by atoms with Crippen molar-refractivity contribution in [1.29, 1.82) is 0 Å². The van der Waals surface area contributed by atoms with Gasteiger partial charge in [0.05, 0.1) is 5.69 Å². The van der Waals surface area contributed by atoms with E-state index >= 15 is 0 Å². The van der Waals surface area contributed by atoms with Crippen molar-refractivity contribution in [2.24, 2.45) is 0 Å². The van der Waals surface area contributed by atoms with Crippen LogP contribution >= 0.6 is 11.3 Å². The number of nitrogens with zero attached hydrogens (tertiary/aromatic N) is 3. The molecule has 1 aliphatic heterocycles. The van der Waals surface area contributed by atoms with Gasteiger partial charge in [-0.3, -0.25) is 4.98 Å². The van der Waals surface area contributed by atoms with Crippen molar-refractivity contribution in [3.8, 4) is 22.5 Å². The standard InChI is InChI=1S/C18H15N5S/c1-2-4-15-13(3-1)14(11-24-15)16-17(12-5-7-19-8-6-12)23-18(22-16)20-9-10-21-23/h1-8,11,21H,9-10H2,(H,20,22). The summed E-state index contributed by atoms with van der Waals surface area (Å²) in [5, 5.41) is 6.82. The first kappa shape index (κ1) is 13.6. The number of thiophene rings is 1. The first-order valence-electron chi connectivity index (χ1n) is 7.89. The third-order valence-electron chi connectivity index (χ3n) is 4.25. The summed E-state index contributed by atoms with van der Waals surface area (Å²) in [6.07, 6.45) is 3.64. The molecule has 0 atom stereocenters. The average molecular weight is 333 g/mol. The van der Waals surface area contributed by atoms with E-state index in [0.717, 1.165) is 36.0 Å². The maximum atomic E-state index is 4.90. The van der Waals surface area contributed by atoms with Gasteiger partial charge >= 0.3 is 0 Å². The van der Waals surface area contributed by atoms with Gasteiger partial charge in [-0.25, -0.2) is 9.66 Å². The number of hydrogen-bond acceptors (Lipinski definition) is 5. The Balaban J connectivity index is 1.81. The minimum atomic E-state index is 0.860. The summed E-state index contributed by atoms with van der Waals surface area (Å²) >= 11 is 1.76. The number of aromatic nitrogens is 3. The van der Waals surface area contributed by atoms with E-state index in [4.69, 9.17) is 4.98 Å². The van der Waals surface area contributed by atoms with E-state index in [-0.39, 0.29) is 0 Å². The van der Waals surface area contributed by atoms with Gasteiger partial charge in [-0.15, -0.1) is 11.3 Å². The Morgan fingerprint density at radius 2 is 1.92 bits per heavy atom. The first-order valence-corrected chi connectivity index (χ1v) is 8.77. The fraction of sp³-hybridized carbons (Fsp3) is 0.111. The predicted octanol–water partition coefficient (Wildman–Crippen LogP) is 3.80. The van der Waals surface area contributed by atoms with E-state index < -0.39 is 0 Å². The second-order valence-electron chi connectivity index (χ2n) is 5.68. The molecule has 5 nitrogen and oxygen atoms in total. The third kappa shape index (κ3) is 2.00. The van der Waals surface area contributed by atoms with Gasteiger partial charge in [0.1, 0.15) is 5.69 Å². The Morgan fingerprint density at radius 1 is 1.04 bits per heavy atom. The minimum absolute atomic E-state index is 0.860. The van der Waals surface area contributed by atoms with E-state index in [1.54, 1.807) is 11.3 Å². The second-order valence-corrected chi connectivity index (χ2v) is 6.60. The molecule has 5 rings (SSSR count). The van der Waals surface area contributed by atoms with Crippen LogP contribution in [0.2, 0.25) is 0 Å². The molecule has 3 aromatic heterocycles. The second kappa shape index (κ2) is 5.35. The van der Waals surface area contributed by atoms with Gasteiger partial charge in [0, 0.05) is 52.1 Å². The van der Waals surface area contributed by atoms with Gasteiger partial charge in [-0.2, -0.15) is 0 Å². The molecule has 6 heteroatoms. The molecule has 0 saturated heterocycles. The summed E-state index contributed by atoms with van der Waals surface area (Å²) in [6.45, 7) is 1.74. The molecule has 0 amide bonds. The molecule has 0 spiro atoms. The molecule has 4 aromatic rings. The molecule has 1 aromatic carbocycles. The monoisotopic (exact) mass is 333 g/mol. The van der Waals surface area contributed by atoms with Crippen molar-refractivity contribution in [2.45, 2.75) is 0 Å². The largest absolute Gasteiger partial charge is 0.352 e. The highest BCUT2D eigenvalue weighted by atomic mass is 32.1. The van der Waals surface area contributed by atoms with Crippen LogP contribution in [0.5, 0.6) is 0 Å². The van der Waals surface area contributed by atoms with Crippen molar-refractivity contribution in [1.82, 2.24) is 14.6 Å². The van der Waals surface area contributed by atoms with Crippen LogP contribution in [0.4, 0.5) is 5.95 Å². The van der Waals surface area contributed by atoms with Gasteiger partial charge in [-0.05, 0) is 18.2 Å². The molecule has 0 bridgehead atoms. The van der Waals surface area contributed by atoms with E-state index in [2.05, 4.69) is 50.0 Å². The SMILES string of the molecule is c1ccc2c(-c3nc4n(c3-c3ccncc3)NCCN4)csc2c1. The minimum Gasteiger partial charge on any atom is -0.352 e. The quantitative estimate of drug-likeness (QED) is 0.586. The molecule has 0 fully saturated rings. The molecular formula is C18H15N5S. The van der Waals surface area contributed by atoms with Crippen molar-refractivity contribution in [2.75, 3.05) is 23.8 Å². The smallest absolute Gasteiger partial charge is 0.223 e. The Kier molecular flexibility index (Phi) is 3.02. The molecule has 0 saturated carbocycles. The normalized spacial score (nSPS) is 13.3. The number of nitrogens with one attached hydrogen (secondary N) is 2. The van der Waals surface area contributed by atoms with E-state index in [9.17, 15) is 0 Å². The lowest BCUT2D eigenvalue weighted by atomic mass is 10.1. The summed E-state index contributed by atoms with van der Waals surface area (Å²) in [6, 6.07) is 12.5. The number of rotatable bonds is 2. The molecular weight excluding hydrogens is 318 g/mol. The van der Waals surface area contributed by atoms with Crippen LogP contribution in [-0.2, 0) is 0 Å². The van der Waals surface area contributed by atoms with Crippen molar-refractivity contribution >= 4 is 27.4 Å². The van der Waals surface area contributed by atoms with Crippen LogP contribution in [0.3, 0.4) is 0 Å². The maximum Gasteiger partial charge on any atom is 0.223 e. The summed E-state index contributed by atoms with van der Waals surface area (Å²) < 4.78 is 3.33. The van der Waals surface area contributed by atoms with Crippen LogP contribution in [0.1, 0.15) is 0 Å². The number of imidazole rings is 1. The van der Waals surface area contributed by atoms with E-state index in [1.165, 1.54) is 15.6 Å². The summed E-state index contributed by atoms with van der Waals surface area (Å²) in [5.41, 5.74) is 7.78. The highest BCUT2D eigenvalue weighted by molar-refractivity contribution is 7.17. The molecule has 0 aliphatic carbocycles. The molecule has 1 aliphatic rings. The van der Waals surface area contributed by atoms with Crippen molar-refractivity contribution in [3.63, 3.8) is 0 Å². The number of benzene rings is 1. The van der Waals surface area contributed by atoms with Gasteiger partial charge in [-0.1, -0.05) is 18.2 Å². The molecule has 0 unspecified atom stereocenters. The highest BCUT2D eigenvalue weighted by Crippen LogP contribution is 2.40. The lowest BCUT2D eigenvalue weighted by Crippen LogP contribution is -2.30. The number of anilines is 1. The van der Waals surface area contributed by atoms with Crippen molar-refractivity contribution < 1.29 is 0 Å². The molecule has 24 heavy (non-hydrogen) atoms. The third-order valence-corrected chi connectivity index (χ3v) is 5.21. The van der Waals surface area contributed by atoms with Gasteiger partial charge in [0.2, 0.25) is 5.95 Å². The zero-order valence-corrected chi connectivity index (χ0v) is 13.7. The average Bonchev–Trinajstić information content (AvgIpc) is 3.23. The summed E-state index contributed by atoms with van der Waals surface area (Å²) in [5.74, 6) is 0.860. The van der Waals surface area contributed by atoms with Crippen molar-refractivity contribution in [3.05, 3.63) is 54.2 Å². The van der Waals surface area contributed by atoms with Crippen LogP contribution in [-0.4, -0.2) is 27.7 Å². The Morgan fingerprint density at radius 3 is 2.83 bits per heavy atom. The van der Waals surface area contributed by atoms with E-state index in [1.807, 2.05) is 24.5 Å². The molecule has 0 radical (unpaired) electrons. The van der Waals surface area contributed by atoms with Crippen LogP contribution in [0, 0.1) is 0 Å². The molecule has 2 N–H and O–H groups in total. The topological polar surface area (TPSA) is 54.8 Å². The fourth-order valence-electron chi connectivity index (χ4n) is 3.16. The Hall–Kier alpha value is -2.86. The molecule has 4 heterocycles. The van der Waals surface area contributed by atoms with Crippen LogP contribution in [0.15, 0.2) is 54.2 Å². The van der Waals surface area contributed by atoms with Crippen LogP contribution in [0.25, 0.3) is 32.6 Å². The summed E-state index contributed by atoms with van der Waals surface area (Å²) in [7, 11) is 0. The Labute approximate surface area is 143 Å². The highest BCUT2D eigenvalue weighted by Gasteiger charge is 2.23. The van der Waals surface area contributed by atoms with Gasteiger partial charge < -0.3 is 10.7 Å². The van der Waals surface area contributed by atoms with E-state index in [0.29, 0.717) is 0 Å². The van der Waals surface area contributed by atoms with Gasteiger partial charge in [0.25, 0.3) is 0 Å². The number of fused-ring (bicyclic) bond motifs is 2.